The number of benzene rings is 2. The Morgan fingerprint density at radius 1 is 1.04 bits per heavy atom. The summed E-state index contributed by atoms with van der Waals surface area (Å²) in [7, 11) is 0. The maximum absolute atomic E-state index is 12.0. The van der Waals surface area contributed by atoms with Crippen LogP contribution in [0.4, 0.5) is 0 Å². The lowest BCUT2D eigenvalue weighted by Crippen LogP contribution is -2.43. The van der Waals surface area contributed by atoms with Crippen molar-refractivity contribution in [1.29, 1.82) is 0 Å². The molecule has 2 amide bonds. The monoisotopic (exact) mass is 372 g/mol. The van der Waals surface area contributed by atoms with E-state index >= 15 is 0 Å². The highest BCUT2D eigenvalue weighted by atomic mass is 16.5. The predicted molar refractivity (Wildman–Crippen MR) is 96.3 cm³/mol. The normalized spacial score (nSPS) is 10.0. The fraction of sp³-hybridized carbons (Fsp3) is 0.211. The van der Waals surface area contributed by atoms with Crippen LogP contribution in [0, 0.1) is 6.92 Å². The van der Waals surface area contributed by atoms with Crippen LogP contribution in [0.2, 0.25) is 0 Å². The Hall–Kier alpha value is -3.55. The van der Waals surface area contributed by atoms with E-state index in [1.54, 1.807) is 37.3 Å². The van der Waals surface area contributed by atoms with Crippen LogP contribution in [0.15, 0.2) is 42.5 Å². The zero-order chi connectivity index (χ0) is 19.8. The molecular formula is C19H20N2O6. The number of phenolic OH excluding ortho intramolecular Hbond substituents is 1. The smallest absolute Gasteiger partial charge is 0.342 e. The summed E-state index contributed by atoms with van der Waals surface area (Å²) in [4.78, 5) is 35.6. The van der Waals surface area contributed by atoms with Crippen molar-refractivity contribution < 1.29 is 29.0 Å². The molecule has 2 rings (SSSR count). The number of aromatic hydroxyl groups is 1. The molecule has 0 unspecified atom stereocenters. The first-order valence-corrected chi connectivity index (χ1v) is 8.19. The summed E-state index contributed by atoms with van der Waals surface area (Å²) in [6.45, 7) is 3.50. The lowest BCUT2D eigenvalue weighted by atomic mass is 10.1. The summed E-state index contributed by atoms with van der Waals surface area (Å²) in [6.07, 6.45) is 0. The van der Waals surface area contributed by atoms with Crippen LogP contribution in [0.1, 0.15) is 33.2 Å². The topological polar surface area (TPSA) is 114 Å². The molecule has 0 aliphatic heterocycles. The summed E-state index contributed by atoms with van der Waals surface area (Å²) in [6, 6.07) is 10.8. The number of rotatable bonds is 6. The number of hydrogen-bond donors (Lipinski definition) is 3. The van der Waals surface area contributed by atoms with Gasteiger partial charge in [-0.3, -0.25) is 20.4 Å². The van der Waals surface area contributed by atoms with Gasteiger partial charge in [0, 0.05) is 5.56 Å². The molecular weight excluding hydrogens is 352 g/mol. The van der Waals surface area contributed by atoms with Crippen molar-refractivity contribution in [3.63, 3.8) is 0 Å². The Labute approximate surface area is 156 Å². The molecule has 0 aromatic heterocycles. The van der Waals surface area contributed by atoms with Gasteiger partial charge in [-0.25, -0.2) is 4.79 Å². The van der Waals surface area contributed by atoms with Crippen molar-refractivity contribution in [1.82, 2.24) is 10.9 Å². The van der Waals surface area contributed by atoms with Gasteiger partial charge in [0.1, 0.15) is 17.1 Å². The largest absolute Gasteiger partial charge is 0.507 e. The highest BCUT2D eigenvalue weighted by molar-refractivity contribution is 5.96. The number of esters is 1. The van der Waals surface area contributed by atoms with Crippen molar-refractivity contribution in [3.05, 3.63) is 59.2 Å². The van der Waals surface area contributed by atoms with E-state index in [0.717, 1.165) is 5.56 Å². The van der Waals surface area contributed by atoms with Gasteiger partial charge < -0.3 is 14.6 Å². The maximum atomic E-state index is 12.0. The lowest BCUT2D eigenvalue weighted by Gasteiger charge is -2.09. The first kappa shape index (κ1) is 19.8. The number of hydrogen-bond acceptors (Lipinski definition) is 6. The van der Waals surface area contributed by atoms with Gasteiger partial charge in [0.25, 0.3) is 11.8 Å². The summed E-state index contributed by atoms with van der Waals surface area (Å²) in [5.41, 5.74) is 5.39. The van der Waals surface area contributed by atoms with Crippen LogP contribution in [0.5, 0.6) is 11.5 Å². The Bertz CT molecular complexity index is 833. The standard InChI is InChI=1S/C19H20N2O6/c1-3-26-14-7-5-13(6-8-14)18(24)21-20-17(23)11-27-19(25)15-10-12(2)4-9-16(15)22/h4-10,22H,3,11H2,1-2H3,(H,20,23)(H,21,24). The Morgan fingerprint density at radius 2 is 1.74 bits per heavy atom. The van der Waals surface area contributed by atoms with Crippen LogP contribution in [-0.2, 0) is 9.53 Å². The van der Waals surface area contributed by atoms with Crippen molar-refractivity contribution in [2.75, 3.05) is 13.2 Å². The van der Waals surface area contributed by atoms with Gasteiger partial charge in [0.05, 0.1) is 6.61 Å². The fourth-order valence-corrected chi connectivity index (χ4v) is 2.13. The van der Waals surface area contributed by atoms with Gasteiger partial charge in [0.15, 0.2) is 6.61 Å². The molecule has 8 heteroatoms. The highest BCUT2D eigenvalue weighted by Crippen LogP contribution is 2.19. The molecule has 0 saturated carbocycles. The average Bonchev–Trinajstić information content (AvgIpc) is 2.67. The summed E-state index contributed by atoms with van der Waals surface area (Å²) < 4.78 is 10.1. The first-order valence-electron chi connectivity index (χ1n) is 8.19. The summed E-state index contributed by atoms with van der Waals surface area (Å²) in [5.74, 6) is -1.72. The number of aryl methyl sites for hydroxylation is 1. The Balaban J connectivity index is 1.81. The molecule has 0 atom stereocenters. The SMILES string of the molecule is CCOc1ccc(C(=O)NNC(=O)COC(=O)c2cc(C)ccc2O)cc1. The van der Waals surface area contributed by atoms with Crippen LogP contribution in [-0.4, -0.2) is 36.1 Å². The molecule has 3 N–H and O–H groups in total. The van der Waals surface area contributed by atoms with Crippen molar-refractivity contribution in [3.8, 4) is 11.5 Å². The van der Waals surface area contributed by atoms with E-state index in [4.69, 9.17) is 9.47 Å². The predicted octanol–water partition coefficient (Wildman–Crippen LogP) is 1.72. The van der Waals surface area contributed by atoms with Crippen LogP contribution >= 0.6 is 0 Å². The quantitative estimate of drug-likeness (QED) is 0.525. The number of nitrogens with one attached hydrogen (secondary N) is 2. The first-order chi connectivity index (χ1) is 12.9. The second-order valence-electron chi connectivity index (χ2n) is 5.56. The summed E-state index contributed by atoms with van der Waals surface area (Å²) in [5, 5.41) is 9.66. The van der Waals surface area contributed by atoms with E-state index in [1.807, 2.05) is 6.92 Å². The molecule has 2 aromatic carbocycles. The van der Waals surface area contributed by atoms with E-state index in [9.17, 15) is 19.5 Å². The van der Waals surface area contributed by atoms with Gasteiger partial charge in [-0.15, -0.1) is 0 Å². The summed E-state index contributed by atoms with van der Waals surface area (Å²) >= 11 is 0. The van der Waals surface area contributed by atoms with E-state index in [1.165, 1.54) is 12.1 Å². The van der Waals surface area contributed by atoms with E-state index in [-0.39, 0.29) is 11.3 Å². The number of carbonyl (C=O) groups excluding carboxylic acids is 3. The number of hydrazine groups is 1. The Kier molecular flexibility index (Phi) is 6.76. The zero-order valence-corrected chi connectivity index (χ0v) is 14.9. The number of phenols is 1. The lowest BCUT2D eigenvalue weighted by molar-refractivity contribution is -0.125. The Morgan fingerprint density at radius 3 is 2.41 bits per heavy atom. The molecule has 0 fully saturated rings. The number of ether oxygens (including phenoxy) is 2. The molecule has 0 saturated heterocycles. The molecule has 8 nitrogen and oxygen atoms in total. The van der Waals surface area contributed by atoms with Crippen molar-refractivity contribution >= 4 is 17.8 Å². The van der Waals surface area contributed by atoms with Gasteiger partial charge in [-0.1, -0.05) is 11.6 Å². The van der Waals surface area contributed by atoms with E-state index in [0.29, 0.717) is 17.9 Å². The minimum Gasteiger partial charge on any atom is -0.507 e. The van der Waals surface area contributed by atoms with E-state index in [2.05, 4.69) is 10.9 Å². The van der Waals surface area contributed by atoms with E-state index < -0.39 is 24.4 Å². The zero-order valence-electron chi connectivity index (χ0n) is 14.9. The van der Waals surface area contributed by atoms with Gasteiger partial charge >= 0.3 is 5.97 Å². The molecule has 0 aliphatic carbocycles. The minimum atomic E-state index is -0.843. The molecule has 0 bridgehead atoms. The van der Waals surface area contributed by atoms with Gasteiger partial charge in [0.2, 0.25) is 0 Å². The average molecular weight is 372 g/mol. The third kappa shape index (κ3) is 5.74. The van der Waals surface area contributed by atoms with Crippen LogP contribution in [0.3, 0.4) is 0 Å². The molecule has 0 aliphatic rings. The third-order valence-electron chi connectivity index (χ3n) is 3.45. The molecule has 0 heterocycles. The molecule has 27 heavy (non-hydrogen) atoms. The highest BCUT2D eigenvalue weighted by Gasteiger charge is 2.15. The van der Waals surface area contributed by atoms with Crippen molar-refractivity contribution in [2.24, 2.45) is 0 Å². The number of carbonyl (C=O) groups is 3. The van der Waals surface area contributed by atoms with Gasteiger partial charge in [-0.05, 0) is 50.2 Å². The molecule has 142 valence electrons. The maximum Gasteiger partial charge on any atom is 0.342 e. The molecule has 2 aromatic rings. The number of amides is 2. The van der Waals surface area contributed by atoms with Crippen LogP contribution < -0.4 is 15.6 Å². The molecule has 0 radical (unpaired) electrons. The molecule has 0 spiro atoms. The van der Waals surface area contributed by atoms with Crippen molar-refractivity contribution in [2.45, 2.75) is 13.8 Å². The second-order valence-corrected chi connectivity index (χ2v) is 5.56. The minimum absolute atomic E-state index is 0.0405. The second kappa shape index (κ2) is 9.23. The fourth-order valence-electron chi connectivity index (χ4n) is 2.13. The van der Waals surface area contributed by atoms with Crippen LogP contribution in [0.25, 0.3) is 0 Å². The third-order valence-corrected chi connectivity index (χ3v) is 3.45. The van der Waals surface area contributed by atoms with Gasteiger partial charge in [-0.2, -0.15) is 0 Å².